The second-order valence-corrected chi connectivity index (χ2v) is 4.74. The van der Waals surface area contributed by atoms with Crippen LogP contribution < -0.4 is 0 Å². The molecule has 18 heavy (non-hydrogen) atoms. The second kappa shape index (κ2) is 6.36. The molecule has 100 valence electrons. The van der Waals surface area contributed by atoms with Gasteiger partial charge in [0.05, 0.1) is 19.0 Å². The summed E-state index contributed by atoms with van der Waals surface area (Å²) in [5, 5.41) is 17.6. The minimum atomic E-state index is -0.868. The van der Waals surface area contributed by atoms with Crippen molar-refractivity contribution in [3.05, 3.63) is 0 Å². The third kappa shape index (κ3) is 3.44. The lowest BCUT2D eigenvalue weighted by Crippen LogP contribution is -2.45. The van der Waals surface area contributed by atoms with Gasteiger partial charge >= 0.3 is 5.97 Å². The Kier molecular flexibility index (Phi) is 5.10. The van der Waals surface area contributed by atoms with E-state index in [2.05, 4.69) is 0 Å². The molecule has 6 heteroatoms. The average molecular weight is 253 g/mol. The van der Waals surface area contributed by atoms with E-state index in [1.165, 1.54) is 4.90 Å². The topological polar surface area (TPSA) is 84.6 Å². The van der Waals surface area contributed by atoms with Gasteiger partial charge in [0.2, 0.25) is 5.91 Å². The Balaban J connectivity index is 2.54. The molecule has 1 heterocycles. The molecule has 1 rings (SSSR count). The van der Waals surface area contributed by atoms with Gasteiger partial charge in [-0.25, -0.2) is 0 Å². The summed E-state index contributed by atoms with van der Waals surface area (Å²) >= 11 is 0. The van der Waals surface area contributed by atoms with E-state index in [1.54, 1.807) is 11.9 Å². The first kappa shape index (κ1) is 14.5. The molecular formula is C12H19N3O3. The lowest BCUT2D eigenvalue weighted by Gasteiger charge is -2.25. The number of carbonyl (C=O) groups is 2. The van der Waals surface area contributed by atoms with Crippen LogP contribution in [0.1, 0.15) is 19.8 Å². The van der Waals surface area contributed by atoms with Crippen molar-refractivity contribution in [1.29, 1.82) is 5.26 Å². The number of amides is 1. The standard InChI is InChI=1S/C12H19N3O3/c1-9-4-7-15(11(9)12(17)18)8-10(16)14(2)6-3-5-13/h9,11H,3-4,6-8H2,1-2H3,(H,17,18). The Morgan fingerprint density at radius 3 is 2.78 bits per heavy atom. The molecule has 1 aliphatic rings. The fraction of sp³-hybridized carbons (Fsp3) is 0.750. The van der Waals surface area contributed by atoms with Crippen LogP contribution in [0.15, 0.2) is 0 Å². The van der Waals surface area contributed by atoms with Crippen LogP contribution >= 0.6 is 0 Å². The zero-order valence-electron chi connectivity index (χ0n) is 10.8. The van der Waals surface area contributed by atoms with Gasteiger partial charge in [-0.1, -0.05) is 6.92 Å². The molecule has 0 aromatic heterocycles. The number of aliphatic carboxylic acids is 1. The van der Waals surface area contributed by atoms with E-state index in [4.69, 9.17) is 10.4 Å². The predicted molar refractivity (Wildman–Crippen MR) is 64.6 cm³/mol. The largest absolute Gasteiger partial charge is 0.480 e. The molecule has 1 saturated heterocycles. The second-order valence-electron chi connectivity index (χ2n) is 4.74. The molecule has 0 saturated carbocycles. The van der Waals surface area contributed by atoms with Crippen molar-refractivity contribution in [2.24, 2.45) is 5.92 Å². The van der Waals surface area contributed by atoms with Gasteiger partial charge < -0.3 is 10.0 Å². The minimum absolute atomic E-state index is 0.0692. The van der Waals surface area contributed by atoms with Crippen LogP contribution in [0.2, 0.25) is 0 Å². The zero-order valence-corrected chi connectivity index (χ0v) is 10.8. The number of carboxylic acids is 1. The number of likely N-dealkylation sites (N-methyl/N-ethyl adjacent to an activating group) is 1. The monoisotopic (exact) mass is 253 g/mol. The molecule has 0 radical (unpaired) electrons. The third-order valence-electron chi connectivity index (χ3n) is 3.38. The maximum absolute atomic E-state index is 11.9. The molecule has 1 amide bonds. The van der Waals surface area contributed by atoms with Crippen molar-refractivity contribution in [1.82, 2.24) is 9.80 Å². The quantitative estimate of drug-likeness (QED) is 0.754. The molecule has 1 aliphatic heterocycles. The normalized spacial score (nSPS) is 23.6. The summed E-state index contributed by atoms with van der Waals surface area (Å²) in [6.45, 7) is 3.03. The first-order valence-electron chi connectivity index (χ1n) is 6.05. The smallest absolute Gasteiger partial charge is 0.321 e. The molecule has 1 fully saturated rings. The minimum Gasteiger partial charge on any atom is -0.480 e. The van der Waals surface area contributed by atoms with Crippen LogP contribution in [-0.2, 0) is 9.59 Å². The average Bonchev–Trinajstić information content (AvgIpc) is 2.67. The third-order valence-corrected chi connectivity index (χ3v) is 3.38. The van der Waals surface area contributed by atoms with Crippen LogP contribution in [0.25, 0.3) is 0 Å². The number of carbonyl (C=O) groups excluding carboxylic acids is 1. The van der Waals surface area contributed by atoms with Crippen molar-refractivity contribution >= 4 is 11.9 Å². The molecule has 0 aromatic carbocycles. The van der Waals surface area contributed by atoms with E-state index in [0.29, 0.717) is 19.5 Å². The predicted octanol–water partition coefficient (Wildman–Crippen LogP) is 0.153. The van der Waals surface area contributed by atoms with Crippen molar-refractivity contribution in [3.8, 4) is 6.07 Å². The number of rotatable bonds is 5. The molecular weight excluding hydrogens is 234 g/mol. The van der Waals surface area contributed by atoms with Crippen molar-refractivity contribution in [2.75, 3.05) is 26.7 Å². The van der Waals surface area contributed by atoms with E-state index >= 15 is 0 Å². The number of hydrogen-bond acceptors (Lipinski definition) is 4. The van der Waals surface area contributed by atoms with E-state index in [1.807, 2.05) is 13.0 Å². The fourth-order valence-corrected chi connectivity index (χ4v) is 2.24. The van der Waals surface area contributed by atoms with E-state index < -0.39 is 12.0 Å². The van der Waals surface area contributed by atoms with Crippen molar-refractivity contribution in [2.45, 2.75) is 25.8 Å². The van der Waals surface area contributed by atoms with Crippen LogP contribution in [0.3, 0.4) is 0 Å². The molecule has 0 bridgehead atoms. The molecule has 2 atom stereocenters. The van der Waals surface area contributed by atoms with Crippen molar-refractivity contribution in [3.63, 3.8) is 0 Å². The molecule has 6 nitrogen and oxygen atoms in total. The van der Waals surface area contributed by atoms with Crippen LogP contribution in [0.5, 0.6) is 0 Å². The summed E-state index contributed by atoms with van der Waals surface area (Å²) in [5.41, 5.74) is 0. The number of likely N-dealkylation sites (tertiary alicyclic amines) is 1. The van der Waals surface area contributed by atoms with E-state index in [9.17, 15) is 9.59 Å². The Hall–Kier alpha value is -1.61. The number of carboxylic acid groups (broad SMARTS) is 1. The van der Waals surface area contributed by atoms with Gasteiger partial charge in [-0.05, 0) is 18.9 Å². The van der Waals surface area contributed by atoms with Gasteiger partial charge in [-0.15, -0.1) is 0 Å². The number of nitriles is 1. The van der Waals surface area contributed by atoms with Gasteiger partial charge in [0, 0.05) is 13.6 Å². The lowest BCUT2D eigenvalue weighted by atomic mass is 10.0. The zero-order chi connectivity index (χ0) is 13.7. The highest BCUT2D eigenvalue weighted by Crippen LogP contribution is 2.23. The Labute approximate surface area is 107 Å². The van der Waals surface area contributed by atoms with Crippen LogP contribution in [-0.4, -0.2) is 59.5 Å². The Morgan fingerprint density at radius 2 is 2.22 bits per heavy atom. The summed E-state index contributed by atoms with van der Waals surface area (Å²) in [6, 6.07) is 1.41. The summed E-state index contributed by atoms with van der Waals surface area (Å²) in [5.74, 6) is -0.933. The van der Waals surface area contributed by atoms with Gasteiger partial charge in [-0.2, -0.15) is 5.26 Å². The van der Waals surface area contributed by atoms with Crippen molar-refractivity contribution < 1.29 is 14.7 Å². The highest BCUT2D eigenvalue weighted by Gasteiger charge is 2.37. The highest BCUT2D eigenvalue weighted by molar-refractivity contribution is 5.80. The van der Waals surface area contributed by atoms with Gasteiger partial charge in [0.15, 0.2) is 0 Å². The number of nitrogens with zero attached hydrogens (tertiary/aromatic N) is 3. The Bertz CT molecular complexity index is 364. The summed E-state index contributed by atoms with van der Waals surface area (Å²) < 4.78 is 0. The number of hydrogen-bond donors (Lipinski definition) is 1. The summed E-state index contributed by atoms with van der Waals surface area (Å²) in [6.07, 6.45) is 1.09. The van der Waals surface area contributed by atoms with Crippen LogP contribution in [0, 0.1) is 17.2 Å². The van der Waals surface area contributed by atoms with Gasteiger partial charge in [0.25, 0.3) is 0 Å². The first-order valence-corrected chi connectivity index (χ1v) is 6.05. The maximum Gasteiger partial charge on any atom is 0.321 e. The molecule has 0 aliphatic carbocycles. The summed E-state index contributed by atoms with van der Waals surface area (Å²) in [7, 11) is 1.63. The molecule has 0 spiro atoms. The lowest BCUT2D eigenvalue weighted by molar-refractivity contribution is -0.144. The highest BCUT2D eigenvalue weighted by atomic mass is 16.4. The van der Waals surface area contributed by atoms with Gasteiger partial charge in [-0.3, -0.25) is 14.5 Å². The SMILES string of the molecule is CC1CCN(CC(=O)N(C)CCC#N)C1C(=O)O. The fourth-order valence-electron chi connectivity index (χ4n) is 2.24. The maximum atomic E-state index is 11.9. The van der Waals surface area contributed by atoms with Crippen LogP contribution in [0.4, 0.5) is 0 Å². The molecule has 2 unspecified atom stereocenters. The van der Waals surface area contributed by atoms with E-state index in [0.717, 1.165) is 6.42 Å². The Morgan fingerprint density at radius 1 is 1.56 bits per heavy atom. The molecule has 1 N–H and O–H groups in total. The van der Waals surface area contributed by atoms with E-state index in [-0.39, 0.29) is 18.4 Å². The summed E-state index contributed by atoms with van der Waals surface area (Å²) in [4.78, 5) is 26.2. The van der Waals surface area contributed by atoms with Gasteiger partial charge in [0.1, 0.15) is 6.04 Å². The molecule has 0 aromatic rings. The first-order chi connectivity index (χ1) is 8.47.